The lowest BCUT2D eigenvalue weighted by atomic mass is 10.7. The highest BCUT2D eigenvalue weighted by molar-refractivity contribution is 7.95. The molecule has 0 aliphatic heterocycles. The number of H-pyrrole nitrogens is 1. The van der Waals surface area contributed by atoms with Crippen LogP contribution in [0.25, 0.3) is 0 Å². The van der Waals surface area contributed by atoms with Crippen LogP contribution >= 0.6 is 11.3 Å². The smallest absolute Gasteiger partial charge is 0.330 e. The third-order valence-electron chi connectivity index (χ3n) is 1.84. The van der Waals surface area contributed by atoms with Gasteiger partial charge in [-0.25, -0.2) is 14.7 Å². The van der Waals surface area contributed by atoms with Crippen molar-refractivity contribution in [2.75, 3.05) is 9.03 Å². The first-order valence-electron chi connectivity index (χ1n) is 4.73. The molecule has 2 aromatic heterocycles. The molecule has 2 rings (SSSR count). The van der Waals surface area contributed by atoms with Crippen molar-refractivity contribution in [3.8, 4) is 0 Å². The highest BCUT2D eigenvalue weighted by atomic mass is 32.2. The zero-order chi connectivity index (χ0) is 13.2. The Morgan fingerprint density at radius 3 is 2.72 bits per heavy atom. The third kappa shape index (κ3) is 2.49. The predicted octanol–water partition coefficient (Wildman–Crippen LogP) is 0.576. The summed E-state index contributed by atoms with van der Waals surface area (Å²) in [6.45, 7) is 1.14. The predicted molar refractivity (Wildman–Crippen MR) is 66.4 cm³/mol. The molecule has 0 bridgehead atoms. The van der Waals surface area contributed by atoms with E-state index in [1.54, 1.807) is 5.38 Å². The summed E-state index contributed by atoms with van der Waals surface area (Å²) in [5.74, 6) is -0.637. The minimum atomic E-state index is -4.08. The van der Waals surface area contributed by atoms with Crippen LogP contribution in [0, 0.1) is 0 Å². The van der Waals surface area contributed by atoms with Crippen molar-refractivity contribution >= 4 is 38.5 Å². The number of nitrogens with one attached hydrogen (secondary N) is 2. The van der Waals surface area contributed by atoms with E-state index in [9.17, 15) is 13.2 Å². The summed E-state index contributed by atoms with van der Waals surface area (Å²) in [6.07, 6.45) is 4.26. The van der Waals surface area contributed by atoms with E-state index in [0.717, 1.165) is 18.3 Å². The number of thiazole rings is 1. The Morgan fingerprint density at radius 1 is 1.44 bits per heavy atom. The number of rotatable bonds is 4. The van der Waals surface area contributed by atoms with Crippen molar-refractivity contribution < 1.29 is 13.2 Å². The molecular weight excluding hydrogens is 278 g/mol. The quantitative estimate of drug-likeness (QED) is 0.855. The lowest BCUT2D eigenvalue weighted by molar-refractivity contribution is -0.115. The number of aromatic amines is 1. The number of nitrogens with zero attached hydrogens (tertiary/aromatic N) is 3. The number of imidazole rings is 1. The third-order valence-corrected chi connectivity index (χ3v) is 4.08. The van der Waals surface area contributed by atoms with Gasteiger partial charge in [-0.1, -0.05) is 0 Å². The van der Waals surface area contributed by atoms with Crippen molar-refractivity contribution in [1.82, 2.24) is 15.0 Å². The second-order valence-corrected chi connectivity index (χ2v) is 5.54. The van der Waals surface area contributed by atoms with Gasteiger partial charge in [0.05, 0.1) is 0 Å². The van der Waals surface area contributed by atoms with Crippen LogP contribution in [0.15, 0.2) is 24.0 Å². The maximum absolute atomic E-state index is 12.0. The molecule has 2 aromatic rings. The molecule has 0 saturated heterocycles. The molecule has 0 unspecified atom stereocenters. The molecule has 0 aliphatic rings. The van der Waals surface area contributed by atoms with Crippen molar-refractivity contribution in [2.45, 2.75) is 6.92 Å². The maximum Gasteiger partial charge on any atom is 0.334 e. The zero-order valence-electron chi connectivity index (χ0n) is 9.19. The van der Waals surface area contributed by atoms with Crippen LogP contribution in [0.1, 0.15) is 6.92 Å². The van der Waals surface area contributed by atoms with Crippen molar-refractivity contribution in [3.05, 3.63) is 24.0 Å². The molecule has 1 amide bonds. The fraction of sp³-hybridized carbons (Fsp3) is 0.125. The molecule has 2 N–H and O–H groups in total. The number of amides is 1. The molecule has 2 heterocycles. The molecule has 18 heavy (non-hydrogen) atoms. The second-order valence-electron chi connectivity index (χ2n) is 3.14. The Bertz CT molecular complexity index is 620. The molecule has 96 valence electrons. The monoisotopic (exact) mass is 287 g/mol. The molecule has 0 aromatic carbocycles. The summed E-state index contributed by atoms with van der Waals surface area (Å²) < 4.78 is 26.8. The van der Waals surface area contributed by atoms with Crippen LogP contribution in [-0.2, 0) is 15.0 Å². The summed E-state index contributed by atoms with van der Waals surface area (Å²) in [7, 11) is -4.08. The largest absolute Gasteiger partial charge is 0.334 e. The van der Waals surface area contributed by atoms with E-state index in [1.165, 1.54) is 18.6 Å². The summed E-state index contributed by atoms with van der Waals surface area (Å²) >= 11 is 1.04. The molecule has 0 radical (unpaired) electrons. The lowest BCUT2D eigenvalue weighted by Gasteiger charge is -2.17. The van der Waals surface area contributed by atoms with Crippen molar-refractivity contribution in [2.24, 2.45) is 0 Å². The molecule has 0 atom stereocenters. The van der Waals surface area contributed by atoms with E-state index in [-0.39, 0.29) is 11.1 Å². The first-order chi connectivity index (χ1) is 8.50. The Kier molecular flexibility index (Phi) is 3.30. The minimum Gasteiger partial charge on any atom is -0.330 e. The summed E-state index contributed by atoms with van der Waals surface area (Å²) in [4.78, 5) is 21.6. The lowest BCUT2D eigenvalue weighted by Crippen LogP contribution is -2.39. The van der Waals surface area contributed by atoms with Gasteiger partial charge in [0.2, 0.25) is 17.0 Å². The highest BCUT2D eigenvalue weighted by Gasteiger charge is 2.29. The number of carbonyl (C=O) groups is 1. The van der Waals surface area contributed by atoms with Crippen molar-refractivity contribution in [1.29, 1.82) is 0 Å². The molecule has 0 aliphatic carbocycles. The summed E-state index contributed by atoms with van der Waals surface area (Å²) in [6, 6.07) is 0. The molecule has 0 saturated carbocycles. The first-order valence-corrected chi connectivity index (χ1v) is 7.05. The average Bonchev–Trinajstić information content (AvgIpc) is 2.88. The Balaban J connectivity index is 2.34. The van der Waals surface area contributed by atoms with Crippen LogP contribution in [-0.4, -0.2) is 29.3 Å². The maximum atomic E-state index is 12.0. The molecule has 0 spiro atoms. The van der Waals surface area contributed by atoms with E-state index in [1.807, 2.05) is 0 Å². The van der Waals surface area contributed by atoms with Crippen LogP contribution in [0.5, 0.6) is 0 Å². The normalized spacial score (nSPS) is 11.2. The summed E-state index contributed by atoms with van der Waals surface area (Å²) in [5.41, 5.74) is 0. The average molecular weight is 287 g/mol. The molecule has 8 nitrogen and oxygen atoms in total. The zero-order valence-corrected chi connectivity index (χ0v) is 10.8. The highest BCUT2D eigenvalue weighted by Crippen LogP contribution is 2.21. The molecule has 0 fully saturated rings. The van der Waals surface area contributed by atoms with E-state index in [2.05, 4.69) is 19.7 Å². The number of hydrogen-bond acceptors (Lipinski definition) is 6. The van der Waals surface area contributed by atoms with Gasteiger partial charge in [-0.3, -0.25) is 4.79 Å². The number of carbonyl (C=O) groups excluding carboxylic acids is 1. The van der Waals surface area contributed by atoms with Crippen LogP contribution in [0.2, 0.25) is 0 Å². The summed E-state index contributed by atoms with van der Waals surface area (Å²) in [5, 5.41) is 1.65. The Hall–Kier alpha value is -1.94. The van der Waals surface area contributed by atoms with E-state index >= 15 is 0 Å². The number of aromatic nitrogens is 3. The molecule has 10 heteroatoms. The van der Waals surface area contributed by atoms with Gasteiger partial charge >= 0.3 is 10.2 Å². The Labute approximate surface area is 107 Å². The standard InChI is InChI=1S/C8H9N5O3S2/c1-6(14)13(8-11-4-5-17-8)18(15,16)12-7-9-2-3-10-7/h2-5H,1H3,(H2,9,10,12). The van der Waals surface area contributed by atoms with Gasteiger partial charge < -0.3 is 4.98 Å². The van der Waals surface area contributed by atoms with Gasteiger partial charge in [0.15, 0.2) is 0 Å². The van der Waals surface area contributed by atoms with Crippen molar-refractivity contribution in [3.63, 3.8) is 0 Å². The number of hydrogen-bond donors (Lipinski definition) is 2. The van der Waals surface area contributed by atoms with Crippen LogP contribution in [0.4, 0.5) is 11.1 Å². The van der Waals surface area contributed by atoms with Crippen LogP contribution < -0.4 is 9.03 Å². The SMILES string of the molecule is CC(=O)N(c1nccs1)S(=O)(=O)Nc1ncc[nH]1. The van der Waals surface area contributed by atoms with Gasteiger partial charge in [-0.05, 0) is 0 Å². The van der Waals surface area contributed by atoms with Gasteiger partial charge in [0.25, 0.3) is 0 Å². The van der Waals surface area contributed by atoms with E-state index in [4.69, 9.17) is 0 Å². The fourth-order valence-electron chi connectivity index (χ4n) is 1.21. The topological polar surface area (TPSA) is 108 Å². The van der Waals surface area contributed by atoms with Gasteiger partial charge in [0, 0.05) is 30.9 Å². The van der Waals surface area contributed by atoms with Gasteiger partial charge in [-0.15, -0.1) is 11.3 Å². The van der Waals surface area contributed by atoms with E-state index in [0.29, 0.717) is 4.31 Å². The molecular formula is C8H9N5O3S2. The van der Waals surface area contributed by atoms with Gasteiger partial charge in [-0.2, -0.15) is 12.7 Å². The minimum absolute atomic E-state index is 0.0257. The van der Waals surface area contributed by atoms with Crippen LogP contribution in [0.3, 0.4) is 0 Å². The fourth-order valence-corrected chi connectivity index (χ4v) is 3.26. The van der Waals surface area contributed by atoms with Gasteiger partial charge in [0.1, 0.15) is 0 Å². The van der Waals surface area contributed by atoms with E-state index < -0.39 is 16.1 Å². The first kappa shape index (κ1) is 12.5. The Morgan fingerprint density at radius 2 is 2.22 bits per heavy atom. The number of anilines is 2. The second kappa shape index (κ2) is 4.74.